The summed E-state index contributed by atoms with van der Waals surface area (Å²) in [7, 11) is 0. The Morgan fingerprint density at radius 2 is 2.30 bits per heavy atom. The van der Waals surface area contributed by atoms with Crippen molar-refractivity contribution >= 4 is 5.91 Å². The Labute approximate surface area is 120 Å². The molecule has 2 atom stereocenters. The van der Waals surface area contributed by atoms with E-state index in [0.29, 0.717) is 6.54 Å². The molecular weight excluding hydrogens is 254 g/mol. The highest BCUT2D eigenvalue weighted by molar-refractivity contribution is 5.80. The van der Waals surface area contributed by atoms with Gasteiger partial charge < -0.3 is 14.8 Å². The number of ether oxygens (including phenoxy) is 2. The molecule has 1 aromatic rings. The average Bonchev–Trinajstić information content (AvgIpc) is 2.92. The largest absolute Gasteiger partial charge is 0.481 e. The first-order valence-electron chi connectivity index (χ1n) is 7.19. The van der Waals surface area contributed by atoms with E-state index < -0.39 is 6.10 Å². The van der Waals surface area contributed by atoms with Gasteiger partial charge in [0.05, 0.1) is 6.10 Å². The third-order valence-electron chi connectivity index (χ3n) is 3.53. The van der Waals surface area contributed by atoms with Crippen LogP contribution >= 0.6 is 0 Å². The molecule has 20 heavy (non-hydrogen) atoms. The second-order valence-corrected chi connectivity index (χ2v) is 5.41. The predicted molar refractivity (Wildman–Crippen MR) is 78.0 cm³/mol. The highest BCUT2D eigenvalue weighted by atomic mass is 16.5. The summed E-state index contributed by atoms with van der Waals surface area (Å²) < 4.78 is 11.2. The Bertz CT molecular complexity index is 467. The molecule has 0 bridgehead atoms. The fourth-order valence-corrected chi connectivity index (χ4v) is 2.34. The van der Waals surface area contributed by atoms with E-state index in [2.05, 4.69) is 5.32 Å². The zero-order valence-electron chi connectivity index (χ0n) is 12.4. The Hall–Kier alpha value is -1.55. The third kappa shape index (κ3) is 3.97. The van der Waals surface area contributed by atoms with Gasteiger partial charge in [-0.15, -0.1) is 0 Å². The van der Waals surface area contributed by atoms with E-state index in [0.717, 1.165) is 30.8 Å². The van der Waals surface area contributed by atoms with Crippen LogP contribution in [0.2, 0.25) is 0 Å². The van der Waals surface area contributed by atoms with E-state index in [1.807, 2.05) is 32.0 Å². The molecule has 0 aromatic heterocycles. The Morgan fingerprint density at radius 1 is 1.50 bits per heavy atom. The number of hydrogen-bond donors (Lipinski definition) is 1. The summed E-state index contributed by atoms with van der Waals surface area (Å²) in [5.41, 5.74) is 2.23. The molecule has 0 radical (unpaired) electrons. The van der Waals surface area contributed by atoms with Crippen LogP contribution in [-0.2, 0) is 9.53 Å². The Balaban J connectivity index is 1.83. The van der Waals surface area contributed by atoms with Crippen LogP contribution in [0, 0.1) is 13.8 Å². The summed E-state index contributed by atoms with van der Waals surface area (Å²) in [6.07, 6.45) is 1.76. The second kappa shape index (κ2) is 6.75. The quantitative estimate of drug-likeness (QED) is 0.899. The van der Waals surface area contributed by atoms with E-state index in [4.69, 9.17) is 9.47 Å². The van der Waals surface area contributed by atoms with E-state index >= 15 is 0 Å². The van der Waals surface area contributed by atoms with Crippen molar-refractivity contribution in [1.29, 1.82) is 0 Å². The molecule has 4 nitrogen and oxygen atoms in total. The fourth-order valence-electron chi connectivity index (χ4n) is 2.34. The van der Waals surface area contributed by atoms with Gasteiger partial charge in [0.2, 0.25) is 0 Å². The number of amides is 1. The summed E-state index contributed by atoms with van der Waals surface area (Å²) in [5, 5.41) is 2.89. The molecule has 0 saturated carbocycles. The van der Waals surface area contributed by atoms with Crippen LogP contribution in [0.4, 0.5) is 0 Å². The van der Waals surface area contributed by atoms with Crippen LogP contribution in [0.1, 0.15) is 30.9 Å². The predicted octanol–water partition coefficient (Wildman–Crippen LogP) is 2.37. The molecule has 0 unspecified atom stereocenters. The molecule has 1 aliphatic rings. The summed E-state index contributed by atoms with van der Waals surface area (Å²) in [6.45, 7) is 7.16. The maximum absolute atomic E-state index is 12.0. The van der Waals surface area contributed by atoms with Gasteiger partial charge in [-0.25, -0.2) is 0 Å². The topological polar surface area (TPSA) is 47.6 Å². The molecule has 0 spiro atoms. The van der Waals surface area contributed by atoms with Crippen LogP contribution in [0.15, 0.2) is 18.2 Å². The van der Waals surface area contributed by atoms with Crippen molar-refractivity contribution in [1.82, 2.24) is 5.32 Å². The molecule has 1 amide bonds. The number of benzene rings is 1. The lowest BCUT2D eigenvalue weighted by molar-refractivity contribution is -0.127. The minimum atomic E-state index is -0.502. The lowest BCUT2D eigenvalue weighted by atomic mass is 10.1. The summed E-state index contributed by atoms with van der Waals surface area (Å²) in [5.74, 6) is 0.663. The van der Waals surface area contributed by atoms with E-state index in [1.54, 1.807) is 6.92 Å². The first-order valence-corrected chi connectivity index (χ1v) is 7.19. The maximum Gasteiger partial charge on any atom is 0.260 e. The number of carbonyl (C=O) groups excluding carboxylic acids is 1. The van der Waals surface area contributed by atoms with Crippen molar-refractivity contribution in [3.63, 3.8) is 0 Å². The first-order chi connectivity index (χ1) is 9.56. The average molecular weight is 277 g/mol. The third-order valence-corrected chi connectivity index (χ3v) is 3.53. The number of hydrogen-bond acceptors (Lipinski definition) is 3. The number of rotatable bonds is 5. The van der Waals surface area contributed by atoms with Crippen molar-refractivity contribution in [3.8, 4) is 5.75 Å². The molecule has 1 aromatic carbocycles. The highest BCUT2D eigenvalue weighted by Crippen LogP contribution is 2.20. The summed E-state index contributed by atoms with van der Waals surface area (Å²) in [6, 6.07) is 5.94. The van der Waals surface area contributed by atoms with Gasteiger partial charge in [0, 0.05) is 13.2 Å². The molecule has 1 N–H and O–H groups in total. The van der Waals surface area contributed by atoms with Gasteiger partial charge in [0.1, 0.15) is 5.75 Å². The van der Waals surface area contributed by atoms with Gasteiger partial charge in [-0.3, -0.25) is 4.79 Å². The van der Waals surface area contributed by atoms with E-state index in [1.165, 1.54) is 5.56 Å². The Kier molecular flexibility index (Phi) is 5.01. The van der Waals surface area contributed by atoms with Crippen LogP contribution in [-0.4, -0.2) is 31.3 Å². The van der Waals surface area contributed by atoms with Crippen LogP contribution in [0.5, 0.6) is 5.75 Å². The van der Waals surface area contributed by atoms with Crippen LogP contribution in [0.25, 0.3) is 0 Å². The normalized spacial score (nSPS) is 19.6. The smallest absolute Gasteiger partial charge is 0.260 e. The lowest BCUT2D eigenvalue weighted by Gasteiger charge is -2.18. The molecule has 1 fully saturated rings. The minimum Gasteiger partial charge on any atom is -0.481 e. The van der Waals surface area contributed by atoms with Gasteiger partial charge >= 0.3 is 0 Å². The molecule has 1 heterocycles. The summed E-state index contributed by atoms with van der Waals surface area (Å²) >= 11 is 0. The van der Waals surface area contributed by atoms with Crippen LogP contribution < -0.4 is 10.1 Å². The second-order valence-electron chi connectivity index (χ2n) is 5.41. The lowest BCUT2D eigenvalue weighted by Crippen LogP contribution is -2.40. The number of aryl methyl sites for hydroxylation is 2. The van der Waals surface area contributed by atoms with Crippen molar-refractivity contribution in [3.05, 3.63) is 29.3 Å². The van der Waals surface area contributed by atoms with Gasteiger partial charge in [0.15, 0.2) is 6.10 Å². The molecule has 110 valence electrons. The standard InChI is InChI=1S/C16H23NO3/c1-11-6-7-15(12(2)9-11)20-13(3)16(18)17-10-14-5-4-8-19-14/h6-7,9,13-14H,4-5,8,10H2,1-3H3,(H,17,18)/t13-,14-/m0/s1. The molecule has 4 heteroatoms. The van der Waals surface area contributed by atoms with Gasteiger partial charge in [-0.05, 0) is 45.2 Å². The first kappa shape index (κ1) is 14.9. The molecule has 2 rings (SSSR count). The van der Waals surface area contributed by atoms with Crippen molar-refractivity contribution in [2.24, 2.45) is 0 Å². The molecule has 0 aliphatic carbocycles. The maximum atomic E-state index is 12.0. The zero-order chi connectivity index (χ0) is 14.5. The monoisotopic (exact) mass is 277 g/mol. The van der Waals surface area contributed by atoms with Gasteiger partial charge in [0.25, 0.3) is 5.91 Å². The van der Waals surface area contributed by atoms with E-state index in [-0.39, 0.29) is 12.0 Å². The Morgan fingerprint density at radius 3 is 2.95 bits per heavy atom. The van der Waals surface area contributed by atoms with Crippen molar-refractivity contribution < 1.29 is 14.3 Å². The molecule has 1 aliphatic heterocycles. The summed E-state index contributed by atoms with van der Waals surface area (Å²) in [4.78, 5) is 12.0. The van der Waals surface area contributed by atoms with Crippen LogP contribution in [0.3, 0.4) is 0 Å². The minimum absolute atomic E-state index is 0.0968. The van der Waals surface area contributed by atoms with Gasteiger partial charge in [-0.1, -0.05) is 17.7 Å². The fraction of sp³-hybridized carbons (Fsp3) is 0.562. The van der Waals surface area contributed by atoms with Gasteiger partial charge in [-0.2, -0.15) is 0 Å². The molecular formula is C16H23NO3. The molecule has 1 saturated heterocycles. The SMILES string of the molecule is Cc1ccc(O[C@@H](C)C(=O)NC[C@@H]2CCCO2)c(C)c1. The zero-order valence-corrected chi connectivity index (χ0v) is 12.4. The number of carbonyl (C=O) groups is 1. The van der Waals surface area contributed by atoms with E-state index in [9.17, 15) is 4.79 Å². The number of nitrogens with one attached hydrogen (secondary N) is 1. The highest BCUT2D eigenvalue weighted by Gasteiger charge is 2.19. The van der Waals surface area contributed by atoms with Crippen molar-refractivity contribution in [2.75, 3.05) is 13.2 Å². The van der Waals surface area contributed by atoms with Crippen molar-refractivity contribution in [2.45, 2.75) is 45.8 Å².